The van der Waals surface area contributed by atoms with Crippen LogP contribution in [0.2, 0.25) is 0 Å². The summed E-state index contributed by atoms with van der Waals surface area (Å²) >= 11 is 0. The number of aliphatic hydroxyl groups excluding tert-OH is 1. The fourth-order valence-electron chi connectivity index (χ4n) is 3.87. The fraction of sp³-hybridized carbons (Fsp3) is 0.458. The van der Waals surface area contributed by atoms with E-state index < -0.39 is 28.8 Å². The first-order chi connectivity index (χ1) is 15.7. The average molecular weight is 478 g/mol. The molecule has 2 unspecified atom stereocenters. The Bertz CT molecular complexity index is 926. The highest BCUT2D eigenvalue weighted by atomic mass is 32.3. The van der Waals surface area contributed by atoms with Crippen LogP contribution in [-0.2, 0) is 6.42 Å². The van der Waals surface area contributed by atoms with Crippen LogP contribution in [0.15, 0.2) is 48.5 Å². The van der Waals surface area contributed by atoms with E-state index in [1.54, 1.807) is 22.5 Å². The Kier molecular flexibility index (Phi) is 8.61. The van der Waals surface area contributed by atoms with Crippen LogP contribution in [0, 0.1) is 0 Å². The second kappa shape index (κ2) is 11.2. The monoisotopic (exact) mass is 477 g/mol. The van der Waals surface area contributed by atoms with E-state index in [0.29, 0.717) is 35.7 Å². The van der Waals surface area contributed by atoms with Crippen molar-refractivity contribution >= 4 is 22.4 Å². The van der Waals surface area contributed by atoms with Gasteiger partial charge >= 0.3 is 0 Å². The van der Waals surface area contributed by atoms with Crippen molar-refractivity contribution in [1.29, 1.82) is 0 Å². The van der Waals surface area contributed by atoms with E-state index in [1.807, 2.05) is 44.2 Å². The van der Waals surface area contributed by atoms with Gasteiger partial charge in [-0.05, 0) is 50.8 Å². The molecule has 1 aliphatic heterocycles. The molecule has 1 saturated heterocycles. The number of ether oxygens (including phenoxy) is 1. The molecule has 0 aromatic heterocycles. The van der Waals surface area contributed by atoms with Gasteiger partial charge < -0.3 is 20.9 Å². The number of carbonyl (C=O) groups excluding carboxylic acids is 1. The number of carbonyl (C=O) groups is 1. The van der Waals surface area contributed by atoms with Gasteiger partial charge in [-0.1, -0.05) is 30.3 Å². The maximum absolute atomic E-state index is 13.2. The molecule has 0 radical (unpaired) electrons. The Hall–Kier alpha value is -2.30. The number of hydrogen-bond acceptors (Lipinski definition) is 7. The summed E-state index contributed by atoms with van der Waals surface area (Å²) in [5.41, 5.74) is 7.49. The van der Waals surface area contributed by atoms with E-state index in [4.69, 9.17) is 10.5 Å². The van der Waals surface area contributed by atoms with Gasteiger partial charge in [0, 0.05) is 24.7 Å². The lowest BCUT2D eigenvalue weighted by atomic mass is 10.0. The molecular weight excluding hydrogens is 442 g/mol. The third-order valence-corrected chi connectivity index (χ3v) is 7.45. The van der Waals surface area contributed by atoms with Crippen LogP contribution >= 0.6 is 10.8 Å². The Morgan fingerprint density at radius 1 is 1.18 bits per heavy atom. The largest absolute Gasteiger partial charge is 0.491 e. The number of nitrogens with one attached hydrogen (secondary N) is 1. The van der Waals surface area contributed by atoms with Crippen molar-refractivity contribution in [1.82, 2.24) is 5.32 Å². The molecule has 2 aromatic carbocycles. The lowest BCUT2D eigenvalue weighted by Gasteiger charge is -2.47. The van der Waals surface area contributed by atoms with Gasteiger partial charge in [-0.2, -0.15) is 0 Å². The van der Waals surface area contributed by atoms with Crippen molar-refractivity contribution in [2.24, 2.45) is 5.73 Å². The highest BCUT2D eigenvalue weighted by Gasteiger charge is 2.28. The van der Waals surface area contributed by atoms with Gasteiger partial charge in [0.05, 0.1) is 29.7 Å². The van der Waals surface area contributed by atoms with Crippen molar-refractivity contribution in [3.63, 3.8) is 0 Å². The topological polar surface area (TPSA) is 128 Å². The van der Waals surface area contributed by atoms with Crippen molar-refractivity contribution in [3.05, 3.63) is 59.7 Å². The number of aliphatic hydroxyl groups is 1. The van der Waals surface area contributed by atoms with Gasteiger partial charge in [0.15, 0.2) is 0 Å². The van der Waals surface area contributed by atoms with Gasteiger partial charge in [-0.25, -0.2) is 0 Å². The highest BCUT2D eigenvalue weighted by molar-refractivity contribution is 8.25. The first-order valence-corrected chi connectivity index (χ1v) is 12.9. The van der Waals surface area contributed by atoms with E-state index >= 15 is 0 Å². The Morgan fingerprint density at radius 3 is 2.55 bits per heavy atom. The summed E-state index contributed by atoms with van der Waals surface area (Å²) < 4.78 is 28.6. The first kappa shape index (κ1) is 25.3. The Labute approximate surface area is 197 Å². The number of nitrogens with two attached hydrogens (primary N) is 1. The second-order valence-electron chi connectivity index (χ2n) is 8.60. The van der Waals surface area contributed by atoms with Crippen LogP contribution in [0.5, 0.6) is 5.75 Å². The molecule has 3 rings (SSSR count). The van der Waals surface area contributed by atoms with Crippen molar-refractivity contribution in [3.8, 4) is 5.75 Å². The predicted octanol–water partition coefficient (Wildman–Crippen LogP) is 3.40. The van der Waals surface area contributed by atoms with Crippen LogP contribution in [0.1, 0.15) is 42.6 Å². The summed E-state index contributed by atoms with van der Waals surface area (Å²) in [5, 5.41) is 13.3. The average Bonchev–Trinajstić information content (AvgIpc) is 2.77. The minimum atomic E-state index is -2.96. The fourth-order valence-corrected chi connectivity index (χ4v) is 5.55. The zero-order valence-corrected chi connectivity index (χ0v) is 20.0. The standard InChI is InChI=1S/C24H35N3O5S/c1-17(2)32-21-14-19(13-20(15-21)27-10-6-7-11-33(27,30)31)24(29)26-22(23(28)16-25)12-18-8-4-3-5-9-18/h3-5,8-9,13-15,17,22-23,28,30-31H,6-7,10-12,16,25H2,1-2H3,(H,26,29). The lowest BCUT2D eigenvalue weighted by molar-refractivity contribution is 0.0845. The summed E-state index contributed by atoms with van der Waals surface area (Å²) in [6, 6.07) is 14.0. The van der Waals surface area contributed by atoms with Gasteiger partial charge in [-0.3, -0.25) is 18.2 Å². The van der Waals surface area contributed by atoms with Gasteiger partial charge in [0.25, 0.3) is 5.91 Å². The van der Waals surface area contributed by atoms with E-state index in [1.165, 1.54) is 0 Å². The summed E-state index contributed by atoms with van der Waals surface area (Å²) in [4.78, 5) is 13.2. The highest BCUT2D eigenvalue weighted by Crippen LogP contribution is 2.50. The molecule has 6 N–H and O–H groups in total. The maximum Gasteiger partial charge on any atom is 0.251 e. The minimum absolute atomic E-state index is 0.00815. The molecular formula is C24H35N3O5S. The molecule has 33 heavy (non-hydrogen) atoms. The quantitative estimate of drug-likeness (QED) is 0.374. The SMILES string of the molecule is CC(C)Oc1cc(C(=O)NC(Cc2ccccc2)C(O)CN)cc(N2CCCCS2(O)O)c1. The minimum Gasteiger partial charge on any atom is -0.491 e. The van der Waals surface area contributed by atoms with Gasteiger partial charge in [0.2, 0.25) is 0 Å². The van der Waals surface area contributed by atoms with Gasteiger partial charge in [0.1, 0.15) is 5.75 Å². The zero-order chi connectivity index (χ0) is 24.0. The molecule has 0 saturated carbocycles. The molecule has 2 atom stereocenters. The summed E-state index contributed by atoms with van der Waals surface area (Å²) in [7, 11) is -2.96. The van der Waals surface area contributed by atoms with E-state index in [-0.39, 0.29) is 12.6 Å². The Morgan fingerprint density at radius 2 is 1.91 bits per heavy atom. The smallest absolute Gasteiger partial charge is 0.251 e. The number of benzene rings is 2. The van der Waals surface area contributed by atoms with Crippen LogP contribution in [-0.4, -0.2) is 57.2 Å². The Balaban J connectivity index is 1.89. The first-order valence-electron chi connectivity index (χ1n) is 11.3. The maximum atomic E-state index is 13.2. The number of anilines is 1. The number of amides is 1. The summed E-state index contributed by atoms with van der Waals surface area (Å²) in [6.45, 7) is 4.26. The molecule has 0 aliphatic carbocycles. The van der Waals surface area contributed by atoms with Crippen molar-refractivity contribution in [2.75, 3.05) is 23.1 Å². The zero-order valence-electron chi connectivity index (χ0n) is 19.2. The molecule has 0 spiro atoms. The molecule has 1 heterocycles. The van der Waals surface area contributed by atoms with Crippen LogP contribution in [0.4, 0.5) is 5.69 Å². The summed E-state index contributed by atoms with van der Waals surface area (Å²) in [6.07, 6.45) is 0.953. The molecule has 2 aromatic rings. The number of hydrogen-bond donors (Lipinski definition) is 5. The summed E-state index contributed by atoms with van der Waals surface area (Å²) in [5.74, 6) is 0.367. The van der Waals surface area contributed by atoms with E-state index in [2.05, 4.69) is 5.32 Å². The molecule has 9 heteroatoms. The molecule has 0 bridgehead atoms. The second-order valence-corrected chi connectivity index (χ2v) is 10.7. The lowest BCUT2D eigenvalue weighted by Crippen LogP contribution is -2.47. The molecule has 1 aliphatic rings. The van der Waals surface area contributed by atoms with Crippen LogP contribution in [0.3, 0.4) is 0 Å². The number of rotatable bonds is 9. The van der Waals surface area contributed by atoms with Crippen LogP contribution < -0.4 is 20.1 Å². The van der Waals surface area contributed by atoms with Crippen molar-refractivity contribution in [2.45, 2.75) is 51.4 Å². The number of nitrogens with zero attached hydrogens (tertiary/aromatic N) is 1. The van der Waals surface area contributed by atoms with Crippen molar-refractivity contribution < 1.29 is 23.7 Å². The molecule has 8 nitrogen and oxygen atoms in total. The normalized spacial score (nSPS) is 18.5. The van der Waals surface area contributed by atoms with E-state index in [0.717, 1.165) is 18.4 Å². The molecule has 1 fully saturated rings. The molecule has 182 valence electrons. The third kappa shape index (κ3) is 6.84. The van der Waals surface area contributed by atoms with Gasteiger partial charge in [-0.15, -0.1) is 10.8 Å². The van der Waals surface area contributed by atoms with E-state index in [9.17, 15) is 19.0 Å². The predicted molar refractivity (Wildman–Crippen MR) is 133 cm³/mol. The van der Waals surface area contributed by atoms with Crippen LogP contribution in [0.25, 0.3) is 0 Å². The molecule has 1 amide bonds. The third-order valence-electron chi connectivity index (χ3n) is 5.52.